The highest BCUT2D eigenvalue weighted by Crippen LogP contribution is 2.21. The molecule has 0 spiro atoms. The topological polar surface area (TPSA) is 88.6 Å². The summed E-state index contributed by atoms with van der Waals surface area (Å²) < 4.78 is 10.4. The molecular weight excluding hydrogens is 310 g/mol. The molecule has 128 valence electrons. The standard InChI is InChI=1S/C17H21N3O4/c1-11(2)9-20-10-12(6-16(20)21)17(22)18-8-13-7-15(24-19-13)14-4-3-5-23-14/h3-5,7,11-12H,6,8-10H2,1-2H3,(H,18,22). The minimum atomic E-state index is -0.298. The van der Waals surface area contributed by atoms with Crippen LogP contribution in [-0.2, 0) is 16.1 Å². The molecule has 1 atom stereocenters. The van der Waals surface area contributed by atoms with E-state index in [2.05, 4.69) is 24.3 Å². The van der Waals surface area contributed by atoms with Gasteiger partial charge in [0.15, 0.2) is 5.76 Å². The molecule has 7 nitrogen and oxygen atoms in total. The second-order valence-corrected chi connectivity index (χ2v) is 6.47. The molecular formula is C17H21N3O4. The van der Waals surface area contributed by atoms with Crippen LogP contribution in [0.25, 0.3) is 11.5 Å². The van der Waals surface area contributed by atoms with Gasteiger partial charge in [0.25, 0.3) is 0 Å². The smallest absolute Gasteiger partial charge is 0.225 e. The van der Waals surface area contributed by atoms with E-state index >= 15 is 0 Å². The Balaban J connectivity index is 1.52. The van der Waals surface area contributed by atoms with E-state index in [0.717, 1.165) is 0 Å². The molecule has 0 saturated carbocycles. The lowest BCUT2D eigenvalue weighted by atomic mass is 10.1. The molecule has 24 heavy (non-hydrogen) atoms. The van der Waals surface area contributed by atoms with E-state index in [0.29, 0.717) is 36.2 Å². The highest BCUT2D eigenvalue weighted by atomic mass is 16.5. The van der Waals surface area contributed by atoms with Crippen molar-refractivity contribution in [3.8, 4) is 11.5 Å². The van der Waals surface area contributed by atoms with Gasteiger partial charge in [-0.15, -0.1) is 0 Å². The molecule has 1 unspecified atom stereocenters. The van der Waals surface area contributed by atoms with Crippen molar-refractivity contribution in [2.24, 2.45) is 11.8 Å². The molecule has 7 heteroatoms. The number of nitrogens with one attached hydrogen (secondary N) is 1. The fourth-order valence-corrected chi connectivity index (χ4v) is 2.82. The second-order valence-electron chi connectivity index (χ2n) is 6.47. The van der Waals surface area contributed by atoms with E-state index in [4.69, 9.17) is 8.94 Å². The van der Waals surface area contributed by atoms with Gasteiger partial charge in [-0.1, -0.05) is 19.0 Å². The molecule has 1 aliphatic rings. The lowest BCUT2D eigenvalue weighted by Crippen LogP contribution is -2.33. The first-order valence-electron chi connectivity index (χ1n) is 8.08. The molecule has 2 aromatic rings. The predicted molar refractivity (Wildman–Crippen MR) is 85.6 cm³/mol. The fraction of sp³-hybridized carbons (Fsp3) is 0.471. The fourth-order valence-electron chi connectivity index (χ4n) is 2.82. The summed E-state index contributed by atoms with van der Waals surface area (Å²) in [6.07, 6.45) is 1.83. The third kappa shape index (κ3) is 3.67. The average molecular weight is 331 g/mol. The SMILES string of the molecule is CC(C)CN1CC(C(=O)NCc2cc(-c3ccco3)on2)CC1=O. The van der Waals surface area contributed by atoms with Crippen LogP contribution in [0.1, 0.15) is 26.0 Å². The summed E-state index contributed by atoms with van der Waals surface area (Å²) in [6.45, 7) is 5.55. The van der Waals surface area contributed by atoms with Crippen LogP contribution in [0.5, 0.6) is 0 Å². The molecule has 0 aliphatic carbocycles. The van der Waals surface area contributed by atoms with Crippen molar-refractivity contribution in [1.29, 1.82) is 0 Å². The molecule has 3 heterocycles. The van der Waals surface area contributed by atoms with Gasteiger partial charge < -0.3 is 19.2 Å². The van der Waals surface area contributed by atoms with Gasteiger partial charge in [0.05, 0.1) is 18.7 Å². The Morgan fingerprint density at radius 1 is 1.46 bits per heavy atom. The lowest BCUT2D eigenvalue weighted by molar-refractivity contribution is -0.129. The van der Waals surface area contributed by atoms with Crippen LogP contribution in [0, 0.1) is 11.8 Å². The van der Waals surface area contributed by atoms with Crippen molar-refractivity contribution in [3.63, 3.8) is 0 Å². The van der Waals surface area contributed by atoms with Gasteiger partial charge in [0, 0.05) is 25.6 Å². The van der Waals surface area contributed by atoms with Crippen LogP contribution < -0.4 is 5.32 Å². The van der Waals surface area contributed by atoms with Crippen LogP contribution >= 0.6 is 0 Å². The highest BCUT2D eigenvalue weighted by molar-refractivity contribution is 5.89. The number of hydrogen-bond donors (Lipinski definition) is 1. The second kappa shape index (κ2) is 6.90. The predicted octanol–water partition coefficient (Wildman–Crippen LogP) is 2.06. The van der Waals surface area contributed by atoms with Gasteiger partial charge >= 0.3 is 0 Å². The number of likely N-dealkylation sites (tertiary alicyclic amines) is 1. The Kier molecular flexibility index (Phi) is 4.69. The Bertz CT molecular complexity index is 705. The summed E-state index contributed by atoms with van der Waals surface area (Å²) in [5, 5.41) is 6.74. The number of carbonyl (C=O) groups is 2. The van der Waals surface area contributed by atoms with Crippen LogP contribution in [0.15, 0.2) is 33.4 Å². The number of nitrogens with zero attached hydrogens (tertiary/aromatic N) is 2. The first-order valence-corrected chi connectivity index (χ1v) is 8.08. The van der Waals surface area contributed by atoms with Crippen molar-refractivity contribution in [1.82, 2.24) is 15.4 Å². The van der Waals surface area contributed by atoms with Crippen molar-refractivity contribution in [2.75, 3.05) is 13.1 Å². The molecule has 1 N–H and O–H groups in total. The molecule has 0 radical (unpaired) electrons. The third-order valence-corrected chi connectivity index (χ3v) is 3.94. The number of furan rings is 1. The Morgan fingerprint density at radius 2 is 2.29 bits per heavy atom. The van der Waals surface area contributed by atoms with E-state index in [9.17, 15) is 9.59 Å². The van der Waals surface area contributed by atoms with Crippen molar-refractivity contribution >= 4 is 11.8 Å². The molecule has 1 saturated heterocycles. The van der Waals surface area contributed by atoms with Crippen molar-refractivity contribution < 1.29 is 18.5 Å². The van der Waals surface area contributed by atoms with Crippen LogP contribution in [0.4, 0.5) is 0 Å². The first-order chi connectivity index (χ1) is 11.5. The summed E-state index contributed by atoms with van der Waals surface area (Å²) in [5.74, 6) is 1.12. The average Bonchev–Trinajstić information content (AvgIpc) is 3.25. The largest absolute Gasteiger partial charge is 0.461 e. The maximum absolute atomic E-state index is 12.3. The molecule has 0 bridgehead atoms. The highest BCUT2D eigenvalue weighted by Gasteiger charge is 2.34. The van der Waals surface area contributed by atoms with Gasteiger partial charge in [-0.2, -0.15) is 0 Å². The van der Waals surface area contributed by atoms with E-state index in [1.807, 2.05) is 0 Å². The number of aromatic nitrogens is 1. The third-order valence-electron chi connectivity index (χ3n) is 3.94. The monoisotopic (exact) mass is 331 g/mol. The van der Waals surface area contributed by atoms with Gasteiger partial charge in [0.2, 0.25) is 17.6 Å². The van der Waals surface area contributed by atoms with E-state index in [1.54, 1.807) is 29.4 Å². The molecule has 3 rings (SSSR count). The Hall–Kier alpha value is -2.57. The van der Waals surface area contributed by atoms with Gasteiger partial charge in [-0.3, -0.25) is 9.59 Å². The Labute approximate surface area is 140 Å². The molecule has 2 amide bonds. The maximum Gasteiger partial charge on any atom is 0.225 e. The summed E-state index contributed by atoms with van der Waals surface area (Å²) in [7, 11) is 0. The zero-order chi connectivity index (χ0) is 17.1. The van der Waals surface area contributed by atoms with E-state index < -0.39 is 0 Å². The summed E-state index contributed by atoms with van der Waals surface area (Å²) in [4.78, 5) is 26.0. The minimum Gasteiger partial charge on any atom is -0.461 e. The summed E-state index contributed by atoms with van der Waals surface area (Å²) >= 11 is 0. The molecule has 1 aliphatic heterocycles. The van der Waals surface area contributed by atoms with Crippen molar-refractivity contribution in [3.05, 3.63) is 30.2 Å². The minimum absolute atomic E-state index is 0.0467. The number of amides is 2. The van der Waals surface area contributed by atoms with Crippen LogP contribution in [0.2, 0.25) is 0 Å². The van der Waals surface area contributed by atoms with Crippen LogP contribution in [0.3, 0.4) is 0 Å². The van der Waals surface area contributed by atoms with Gasteiger partial charge in [-0.05, 0) is 18.1 Å². The number of rotatable bonds is 6. The van der Waals surface area contributed by atoms with Crippen molar-refractivity contribution in [2.45, 2.75) is 26.8 Å². The maximum atomic E-state index is 12.3. The summed E-state index contributed by atoms with van der Waals surface area (Å²) in [6, 6.07) is 5.26. The quantitative estimate of drug-likeness (QED) is 0.875. The van der Waals surface area contributed by atoms with Gasteiger partial charge in [0.1, 0.15) is 5.69 Å². The van der Waals surface area contributed by atoms with Gasteiger partial charge in [-0.25, -0.2) is 0 Å². The molecule has 2 aromatic heterocycles. The van der Waals surface area contributed by atoms with Crippen LogP contribution in [-0.4, -0.2) is 35.0 Å². The number of hydrogen-bond acceptors (Lipinski definition) is 5. The molecule has 1 fully saturated rings. The lowest BCUT2D eigenvalue weighted by Gasteiger charge is -2.18. The molecule has 0 aromatic carbocycles. The van der Waals surface area contributed by atoms with E-state index in [-0.39, 0.29) is 30.7 Å². The zero-order valence-electron chi connectivity index (χ0n) is 13.8. The zero-order valence-corrected chi connectivity index (χ0v) is 13.8. The first kappa shape index (κ1) is 16.3. The Morgan fingerprint density at radius 3 is 3.00 bits per heavy atom. The number of carbonyl (C=O) groups excluding carboxylic acids is 2. The normalized spacial score (nSPS) is 17.7. The summed E-state index contributed by atoms with van der Waals surface area (Å²) in [5.41, 5.74) is 0.609. The van der Waals surface area contributed by atoms with E-state index in [1.165, 1.54) is 0 Å².